The summed E-state index contributed by atoms with van der Waals surface area (Å²) in [5.41, 5.74) is 1.92. The van der Waals surface area contributed by atoms with Gasteiger partial charge < -0.3 is 5.11 Å². The van der Waals surface area contributed by atoms with E-state index in [0.717, 1.165) is 0 Å². The molecule has 0 saturated carbocycles. The lowest BCUT2D eigenvalue weighted by Gasteiger charge is -2.06. The third-order valence-electron chi connectivity index (χ3n) is 1.77. The molecule has 1 nitrogen and oxygen atoms in total. The van der Waals surface area contributed by atoms with Crippen LogP contribution in [-0.2, 0) is 0 Å². The van der Waals surface area contributed by atoms with Gasteiger partial charge in [0.05, 0.1) is 0 Å². The molecule has 11 heavy (non-hydrogen) atoms. The van der Waals surface area contributed by atoms with Crippen molar-refractivity contribution in [2.75, 3.05) is 0 Å². The third kappa shape index (κ3) is 1.73. The number of hydrogen-bond donors (Lipinski definition) is 1. The molecular formula is C10H13O. The molecule has 0 bridgehead atoms. The molecule has 1 aromatic rings. The molecule has 0 saturated heterocycles. The molecule has 0 atom stereocenters. The minimum atomic E-state index is 0.273. The number of hydrogen-bond acceptors (Lipinski definition) is 1. The maximum atomic E-state index is 9.16. The highest BCUT2D eigenvalue weighted by molar-refractivity contribution is 5.38. The van der Waals surface area contributed by atoms with Crippen LogP contribution in [0.25, 0.3) is 0 Å². The molecule has 0 aliphatic heterocycles. The highest BCUT2D eigenvalue weighted by Crippen LogP contribution is 2.21. The summed E-state index contributed by atoms with van der Waals surface area (Å²) >= 11 is 0. The SMILES string of the molecule is [CH2]c1cc(C(C)C)ccc1O. The highest BCUT2D eigenvalue weighted by Gasteiger charge is 2.00. The van der Waals surface area contributed by atoms with Gasteiger partial charge in [0.2, 0.25) is 0 Å². The van der Waals surface area contributed by atoms with E-state index >= 15 is 0 Å². The van der Waals surface area contributed by atoms with Crippen LogP contribution in [0.1, 0.15) is 30.9 Å². The van der Waals surface area contributed by atoms with E-state index in [1.165, 1.54) is 5.56 Å². The zero-order valence-corrected chi connectivity index (χ0v) is 6.96. The zero-order valence-electron chi connectivity index (χ0n) is 6.96. The van der Waals surface area contributed by atoms with Crippen molar-refractivity contribution in [2.24, 2.45) is 0 Å². The second-order valence-electron chi connectivity index (χ2n) is 3.04. The van der Waals surface area contributed by atoms with Gasteiger partial charge in [0.25, 0.3) is 0 Å². The lowest BCUT2D eigenvalue weighted by molar-refractivity contribution is 0.472. The second-order valence-corrected chi connectivity index (χ2v) is 3.04. The Morgan fingerprint density at radius 1 is 1.36 bits per heavy atom. The minimum absolute atomic E-state index is 0.273. The zero-order chi connectivity index (χ0) is 8.43. The first kappa shape index (κ1) is 8.12. The molecular weight excluding hydrogens is 136 g/mol. The van der Waals surface area contributed by atoms with Crippen LogP contribution in [-0.4, -0.2) is 5.11 Å². The molecule has 0 aliphatic rings. The van der Waals surface area contributed by atoms with Crippen LogP contribution in [0.5, 0.6) is 5.75 Å². The second kappa shape index (κ2) is 2.95. The van der Waals surface area contributed by atoms with E-state index in [1.807, 2.05) is 12.1 Å². The summed E-state index contributed by atoms with van der Waals surface area (Å²) in [6.07, 6.45) is 0. The molecule has 1 aromatic carbocycles. The Bertz CT molecular complexity index is 251. The molecule has 1 N–H and O–H groups in total. The van der Waals surface area contributed by atoms with E-state index in [1.54, 1.807) is 6.07 Å². The van der Waals surface area contributed by atoms with Crippen molar-refractivity contribution in [3.8, 4) is 5.75 Å². The van der Waals surface area contributed by atoms with Gasteiger partial charge in [0, 0.05) is 0 Å². The van der Waals surface area contributed by atoms with Crippen molar-refractivity contribution < 1.29 is 5.11 Å². The summed E-state index contributed by atoms with van der Waals surface area (Å²) in [6, 6.07) is 5.53. The molecule has 0 aromatic heterocycles. The maximum Gasteiger partial charge on any atom is 0.118 e. The van der Waals surface area contributed by atoms with Gasteiger partial charge in [-0.1, -0.05) is 26.0 Å². The molecule has 0 aliphatic carbocycles. The Hall–Kier alpha value is -0.980. The number of benzene rings is 1. The number of aromatic hydroxyl groups is 1. The van der Waals surface area contributed by atoms with Gasteiger partial charge in [-0.25, -0.2) is 0 Å². The Morgan fingerprint density at radius 2 is 2.00 bits per heavy atom. The largest absolute Gasteiger partial charge is 0.508 e. The number of phenolic OH excluding ortho intramolecular Hbond substituents is 1. The van der Waals surface area contributed by atoms with Crippen molar-refractivity contribution in [1.29, 1.82) is 0 Å². The third-order valence-corrected chi connectivity index (χ3v) is 1.77. The van der Waals surface area contributed by atoms with E-state index in [4.69, 9.17) is 5.11 Å². The average Bonchev–Trinajstić information content (AvgIpc) is 1.94. The lowest BCUT2D eigenvalue weighted by Crippen LogP contribution is -1.87. The summed E-state index contributed by atoms with van der Waals surface area (Å²) in [5.74, 6) is 0.769. The summed E-state index contributed by atoms with van der Waals surface area (Å²) in [5, 5.41) is 9.16. The summed E-state index contributed by atoms with van der Waals surface area (Å²) < 4.78 is 0. The fourth-order valence-electron chi connectivity index (χ4n) is 0.965. The quantitative estimate of drug-likeness (QED) is 0.651. The molecule has 1 heteroatoms. The molecule has 1 rings (SSSR count). The predicted molar refractivity (Wildman–Crippen MR) is 46.7 cm³/mol. The first-order valence-electron chi connectivity index (χ1n) is 3.76. The Balaban J connectivity index is 3.05. The fourth-order valence-corrected chi connectivity index (χ4v) is 0.965. The molecule has 0 fully saturated rings. The first-order valence-corrected chi connectivity index (χ1v) is 3.76. The van der Waals surface area contributed by atoms with Crippen molar-refractivity contribution in [3.05, 3.63) is 36.2 Å². The summed E-state index contributed by atoms with van der Waals surface area (Å²) in [4.78, 5) is 0. The molecule has 0 unspecified atom stereocenters. The first-order chi connectivity index (χ1) is 5.11. The van der Waals surface area contributed by atoms with Crippen LogP contribution in [0.3, 0.4) is 0 Å². The highest BCUT2D eigenvalue weighted by atomic mass is 16.3. The van der Waals surface area contributed by atoms with Crippen LogP contribution in [0, 0.1) is 6.92 Å². The Kier molecular flexibility index (Phi) is 2.18. The molecule has 59 valence electrons. The topological polar surface area (TPSA) is 20.2 Å². The van der Waals surface area contributed by atoms with E-state index in [9.17, 15) is 0 Å². The molecule has 1 radical (unpaired) electrons. The van der Waals surface area contributed by atoms with Crippen LogP contribution in [0.15, 0.2) is 18.2 Å². The van der Waals surface area contributed by atoms with Gasteiger partial charge >= 0.3 is 0 Å². The van der Waals surface area contributed by atoms with Gasteiger partial charge in [-0.05, 0) is 30.0 Å². The normalized spacial score (nSPS) is 10.5. The van der Waals surface area contributed by atoms with Gasteiger partial charge in [0.1, 0.15) is 5.75 Å². The summed E-state index contributed by atoms with van der Waals surface area (Å²) in [7, 11) is 0. The van der Waals surface area contributed by atoms with Crippen molar-refractivity contribution in [1.82, 2.24) is 0 Å². The number of rotatable bonds is 1. The van der Waals surface area contributed by atoms with Crippen LogP contribution >= 0.6 is 0 Å². The van der Waals surface area contributed by atoms with Crippen LogP contribution in [0.4, 0.5) is 0 Å². The van der Waals surface area contributed by atoms with Gasteiger partial charge in [0.15, 0.2) is 0 Å². The van der Waals surface area contributed by atoms with Gasteiger partial charge in [-0.2, -0.15) is 0 Å². The molecule has 0 amide bonds. The van der Waals surface area contributed by atoms with E-state index in [2.05, 4.69) is 20.8 Å². The smallest absolute Gasteiger partial charge is 0.118 e. The lowest BCUT2D eigenvalue weighted by atomic mass is 10.0. The average molecular weight is 149 g/mol. The van der Waals surface area contributed by atoms with E-state index in [0.29, 0.717) is 11.5 Å². The maximum absolute atomic E-state index is 9.16. The molecule has 0 heterocycles. The van der Waals surface area contributed by atoms with Crippen molar-refractivity contribution in [2.45, 2.75) is 19.8 Å². The Morgan fingerprint density at radius 3 is 2.45 bits per heavy atom. The van der Waals surface area contributed by atoms with Crippen molar-refractivity contribution >= 4 is 0 Å². The van der Waals surface area contributed by atoms with Gasteiger partial charge in [-0.3, -0.25) is 0 Å². The molecule has 0 spiro atoms. The minimum Gasteiger partial charge on any atom is -0.508 e. The standard InChI is InChI=1S/C10H13O/c1-7(2)9-4-5-10(11)8(3)6-9/h4-7,11H,3H2,1-2H3. The van der Waals surface area contributed by atoms with Crippen LogP contribution < -0.4 is 0 Å². The Labute approximate surface area is 67.7 Å². The fraction of sp³-hybridized carbons (Fsp3) is 0.300. The van der Waals surface area contributed by atoms with E-state index in [-0.39, 0.29) is 5.75 Å². The summed E-state index contributed by atoms with van der Waals surface area (Å²) in [6.45, 7) is 7.95. The monoisotopic (exact) mass is 149 g/mol. The van der Waals surface area contributed by atoms with E-state index < -0.39 is 0 Å². The van der Waals surface area contributed by atoms with Gasteiger partial charge in [-0.15, -0.1) is 0 Å². The van der Waals surface area contributed by atoms with Crippen LogP contribution in [0.2, 0.25) is 0 Å². The van der Waals surface area contributed by atoms with Crippen molar-refractivity contribution in [3.63, 3.8) is 0 Å². The predicted octanol–water partition coefficient (Wildman–Crippen LogP) is 2.70. The number of phenols is 1.